The molecule has 4 amide bonds. The fourth-order valence-electron chi connectivity index (χ4n) is 1.97. The Hall–Kier alpha value is -2.32. The molecular weight excluding hydrogens is 260 g/mol. The first-order valence-corrected chi connectivity index (χ1v) is 6.17. The molecule has 0 atom stereocenters. The summed E-state index contributed by atoms with van der Waals surface area (Å²) in [6.45, 7) is 3.78. The van der Waals surface area contributed by atoms with Crippen molar-refractivity contribution in [2.45, 2.75) is 26.7 Å². The van der Waals surface area contributed by atoms with Crippen molar-refractivity contribution in [3.63, 3.8) is 0 Å². The smallest absolute Gasteiger partial charge is 0.333 e. The van der Waals surface area contributed by atoms with Gasteiger partial charge in [0, 0.05) is 0 Å². The second-order valence-electron chi connectivity index (χ2n) is 4.24. The van der Waals surface area contributed by atoms with Crippen LogP contribution >= 0.6 is 0 Å². The molecule has 8 nitrogen and oxygen atoms in total. The van der Waals surface area contributed by atoms with E-state index in [4.69, 9.17) is 23.2 Å². The molecule has 0 aliphatic carbocycles. The number of hydrogen-bond acceptors (Lipinski definition) is 4. The van der Waals surface area contributed by atoms with Crippen molar-refractivity contribution in [1.29, 1.82) is 0 Å². The van der Waals surface area contributed by atoms with E-state index in [0.717, 1.165) is 21.1 Å². The van der Waals surface area contributed by atoms with Gasteiger partial charge in [-0.25, -0.2) is 31.3 Å². The Balaban J connectivity index is 3.46. The molecule has 0 saturated heterocycles. The van der Waals surface area contributed by atoms with Crippen molar-refractivity contribution in [2.75, 3.05) is 10.0 Å². The molecule has 1 rings (SSSR count). The van der Waals surface area contributed by atoms with E-state index in [-0.39, 0.29) is 0 Å². The van der Waals surface area contributed by atoms with Crippen LogP contribution in [0.25, 0.3) is 0 Å². The van der Waals surface area contributed by atoms with E-state index in [0.29, 0.717) is 24.2 Å². The van der Waals surface area contributed by atoms with Gasteiger partial charge in [-0.15, -0.1) is 0 Å². The number of primary amides is 2. The van der Waals surface area contributed by atoms with E-state index in [1.54, 1.807) is 12.1 Å². The number of amides is 4. The third-order valence-electron chi connectivity index (χ3n) is 3.01. The molecule has 0 unspecified atom stereocenters. The van der Waals surface area contributed by atoms with Crippen LogP contribution in [-0.2, 0) is 12.8 Å². The van der Waals surface area contributed by atoms with Crippen LogP contribution < -0.4 is 33.2 Å². The molecule has 0 aliphatic rings. The molecule has 0 aromatic heterocycles. The Morgan fingerprint density at radius 2 is 1.35 bits per heavy atom. The second kappa shape index (κ2) is 6.22. The van der Waals surface area contributed by atoms with Crippen LogP contribution in [-0.4, -0.2) is 12.1 Å². The lowest BCUT2D eigenvalue weighted by molar-refractivity contribution is 0.253. The number of nitrogens with two attached hydrogens (primary N) is 4. The second-order valence-corrected chi connectivity index (χ2v) is 4.24. The Morgan fingerprint density at radius 1 is 0.950 bits per heavy atom. The van der Waals surface area contributed by atoms with Gasteiger partial charge in [0.15, 0.2) is 0 Å². The van der Waals surface area contributed by atoms with Crippen LogP contribution in [0, 0.1) is 0 Å². The predicted molar refractivity (Wildman–Crippen MR) is 77.7 cm³/mol. The minimum absolute atomic E-state index is 0.438. The molecule has 0 radical (unpaired) electrons. The van der Waals surface area contributed by atoms with Gasteiger partial charge < -0.3 is 11.5 Å². The number of urea groups is 2. The van der Waals surface area contributed by atoms with Crippen LogP contribution in [0.1, 0.15) is 25.0 Å². The zero-order valence-corrected chi connectivity index (χ0v) is 11.6. The third kappa shape index (κ3) is 2.98. The van der Waals surface area contributed by atoms with Crippen LogP contribution in [0.3, 0.4) is 0 Å². The summed E-state index contributed by atoms with van der Waals surface area (Å²) in [5.41, 5.74) is 12.8. The lowest BCUT2D eigenvalue weighted by atomic mass is 10.0. The molecule has 0 fully saturated rings. The van der Waals surface area contributed by atoms with Gasteiger partial charge in [-0.05, 0) is 36.1 Å². The zero-order valence-electron chi connectivity index (χ0n) is 11.6. The summed E-state index contributed by atoms with van der Waals surface area (Å²) in [5.74, 6) is 11.3. The first kappa shape index (κ1) is 15.7. The van der Waals surface area contributed by atoms with Crippen molar-refractivity contribution in [2.24, 2.45) is 23.2 Å². The Bertz CT molecular complexity index is 506. The van der Waals surface area contributed by atoms with Gasteiger partial charge in [0.1, 0.15) is 0 Å². The van der Waals surface area contributed by atoms with Gasteiger partial charge in [0.25, 0.3) is 0 Å². The van der Waals surface area contributed by atoms with Crippen molar-refractivity contribution < 1.29 is 9.59 Å². The predicted octanol–water partition coefficient (Wildman–Crippen LogP) is 0.329. The summed E-state index contributed by atoms with van der Waals surface area (Å²) in [4.78, 5) is 22.4. The Labute approximate surface area is 117 Å². The molecule has 1 aromatic carbocycles. The average Bonchev–Trinajstić information content (AvgIpc) is 2.43. The number of carbonyl (C=O) groups excluding carboxylic acids is 2. The van der Waals surface area contributed by atoms with Crippen LogP contribution in [0.4, 0.5) is 21.0 Å². The monoisotopic (exact) mass is 280 g/mol. The lowest BCUT2D eigenvalue weighted by Gasteiger charge is -2.24. The van der Waals surface area contributed by atoms with E-state index in [1.807, 2.05) is 13.8 Å². The van der Waals surface area contributed by atoms with Crippen molar-refractivity contribution >= 4 is 23.4 Å². The normalized spacial score (nSPS) is 10.2. The van der Waals surface area contributed by atoms with Gasteiger partial charge in [0.2, 0.25) is 0 Å². The molecule has 8 heteroatoms. The molecular formula is C12H20N6O2. The number of aryl methyl sites for hydroxylation is 2. The van der Waals surface area contributed by atoms with Gasteiger partial charge >= 0.3 is 12.1 Å². The maximum Gasteiger partial charge on any atom is 0.333 e. The number of benzene rings is 1. The zero-order chi connectivity index (χ0) is 15.4. The number of carbonyl (C=O) groups is 2. The highest BCUT2D eigenvalue weighted by molar-refractivity contribution is 5.94. The molecule has 0 saturated carbocycles. The standard InChI is InChI=1S/C12H20N6O2/c1-3-7-5-9(17(15)11(13)19)6-8(4-2)10(7)18(16)12(14)20/h5-6H,3-4,15-16H2,1-2H3,(H2,13,19)(H2,14,20). The Kier molecular flexibility index (Phi) is 4.89. The van der Waals surface area contributed by atoms with Gasteiger partial charge in [-0.2, -0.15) is 0 Å². The summed E-state index contributed by atoms with van der Waals surface area (Å²) in [6.07, 6.45) is 1.17. The third-order valence-corrected chi connectivity index (χ3v) is 3.01. The highest BCUT2D eigenvalue weighted by Crippen LogP contribution is 2.30. The van der Waals surface area contributed by atoms with Crippen LogP contribution in [0.5, 0.6) is 0 Å². The minimum Gasteiger partial charge on any atom is -0.350 e. The summed E-state index contributed by atoms with van der Waals surface area (Å²) < 4.78 is 0. The number of hydrogen-bond donors (Lipinski definition) is 4. The fourth-order valence-corrected chi connectivity index (χ4v) is 1.97. The summed E-state index contributed by atoms with van der Waals surface area (Å²) in [5, 5.41) is 1.74. The van der Waals surface area contributed by atoms with E-state index < -0.39 is 12.1 Å². The molecule has 0 heterocycles. The molecule has 1 aromatic rings. The highest BCUT2D eigenvalue weighted by Gasteiger charge is 2.19. The van der Waals surface area contributed by atoms with Crippen molar-refractivity contribution in [3.8, 4) is 0 Å². The quantitative estimate of drug-likeness (QED) is 0.357. The van der Waals surface area contributed by atoms with E-state index >= 15 is 0 Å². The number of anilines is 2. The van der Waals surface area contributed by atoms with Crippen molar-refractivity contribution in [1.82, 2.24) is 0 Å². The minimum atomic E-state index is -0.777. The highest BCUT2D eigenvalue weighted by atomic mass is 16.2. The number of rotatable bonds is 4. The number of nitrogens with zero attached hydrogens (tertiary/aromatic N) is 2. The first-order chi connectivity index (χ1) is 9.33. The molecule has 8 N–H and O–H groups in total. The van der Waals surface area contributed by atoms with Crippen LogP contribution in [0.15, 0.2) is 12.1 Å². The van der Waals surface area contributed by atoms with E-state index in [1.165, 1.54) is 0 Å². The molecule has 20 heavy (non-hydrogen) atoms. The van der Waals surface area contributed by atoms with E-state index in [9.17, 15) is 9.59 Å². The first-order valence-electron chi connectivity index (χ1n) is 6.17. The summed E-state index contributed by atoms with van der Waals surface area (Å²) >= 11 is 0. The maximum atomic E-state index is 11.3. The topological polar surface area (TPSA) is 145 Å². The SMILES string of the molecule is CCc1cc(N(N)C(N)=O)cc(CC)c1N(N)C(N)=O. The molecule has 0 aliphatic heterocycles. The van der Waals surface area contributed by atoms with E-state index in [2.05, 4.69) is 0 Å². The average molecular weight is 280 g/mol. The molecule has 0 bridgehead atoms. The molecule has 0 spiro atoms. The molecule has 110 valence electrons. The van der Waals surface area contributed by atoms with Crippen molar-refractivity contribution in [3.05, 3.63) is 23.3 Å². The van der Waals surface area contributed by atoms with Gasteiger partial charge in [-0.3, -0.25) is 0 Å². The largest absolute Gasteiger partial charge is 0.350 e. The number of hydrazine groups is 2. The summed E-state index contributed by atoms with van der Waals surface area (Å²) in [7, 11) is 0. The summed E-state index contributed by atoms with van der Waals surface area (Å²) in [6, 6.07) is 1.77. The van der Waals surface area contributed by atoms with Gasteiger partial charge in [-0.1, -0.05) is 13.8 Å². The van der Waals surface area contributed by atoms with Crippen LogP contribution in [0.2, 0.25) is 0 Å². The van der Waals surface area contributed by atoms with Gasteiger partial charge in [0.05, 0.1) is 11.4 Å². The Morgan fingerprint density at radius 3 is 1.65 bits per heavy atom. The maximum absolute atomic E-state index is 11.3. The fraction of sp³-hybridized carbons (Fsp3) is 0.333. The lowest BCUT2D eigenvalue weighted by Crippen LogP contribution is -2.43.